The highest BCUT2D eigenvalue weighted by atomic mass is 32.1. The van der Waals surface area contributed by atoms with Crippen molar-refractivity contribution >= 4 is 23.6 Å². The van der Waals surface area contributed by atoms with Crippen molar-refractivity contribution in [2.45, 2.75) is 13.8 Å². The maximum absolute atomic E-state index is 2.20. The normalized spacial score (nSPS) is 14.0. The molecule has 12 heavy (non-hydrogen) atoms. The first-order chi connectivity index (χ1) is 5.65. The first-order valence-corrected chi connectivity index (χ1v) is 4.92. The van der Waals surface area contributed by atoms with Gasteiger partial charge in [0.1, 0.15) is 0 Å². The number of rotatable bonds is 1. The molecule has 0 aliphatic heterocycles. The van der Waals surface area contributed by atoms with E-state index >= 15 is 0 Å². The summed E-state index contributed by atoms with van der Waals surface area (Å²) < 4.78 is 1.36. The van der Waals surface area contributed by atoms with Crippen LogP contribution in [-0.2, 0) is 0 Å². The lowest BCUT2D eigenvalue weighted by atomic mass is 10.3. The molecule has 0 atom stereocenters. The first kappa shape index (κ1) is 9.33. The fourth-order valence-corrected chi connectivity index (χ4v) is 2.03. The minimum Gasteiger partial charge on any atom is -0.383 e. The topological polar surface area (TPSA) is 3.24 Å². The van der Waals surface area contributed by atoms with E-state index in [1.807, 2.05) is 0 Å². The van der Waals surface area contributed by atoms with Gasteiger partial charge in [0.15, 0.2) is 0 Å². The zero-order chi connectivity index (χ0) is 9.14. The van der Waals surface area contributed by atoms with Crippen LogP contribution in [0.3, 0.4) is 0 Å². The molecule has 1 heterocycles. The van der Waals surface area contributed by atoms with Gasteiger partial charge in [-0.25, -0.2) is 0 Å². The highest BCUT2D eigenvalue weighted by molar-refractivity contribution is 7.07. The molecule has 1 nitrogen and oxygen atoms in total. The van der Waals surface area contributed by atoms with Crippen molar-refractivity contribution in [3.8, 4) is 0 Å². The lowest BCUT2D eigenvalue weighted by Gasteiger charge is -2.02. The van der Waals surface area contributed by atoms with Gasteiger partial charge in [0, 0.05) is 30.0 Å². The lowest BCUT2D eigenvalue weighted by Crippen LogP contribution is -2.23. The predicted octanol–water partition coefficient (Wildman–Crippen LogP) is 1.16. The first-order valence-electron chi connectivity index (χ1n) is 4.04. The average Bonchev–Trinajstić information content (AvgIpc) is 2.32. The van der Waals surface area contributed by atoms with Crippen LogP contribution in [0.5, 0.6) is 0 Å². The summed E-state index contributed by atoms with van der Waals surface area (Å²) >= 11 is 1.80. The van der Waals surface area contributed by atoms with Gasteiger partial charge in [-0.15, -0.1) is 11.3 Å². The van der Waals surface area contributed by atoms with Crippen LogP contribution in [0.1, 0.15) is 12.5 Å². The van der Waals surface area contributed by atoms with Crippen molar-refractivity contribution in [2.75, 3.05) is 14.1 Å². The number of thiophene rings is 1. The second-order valence-electron chi connectivity index (χ2n) is 3.08. The zero-order valence-corrected chi connectivity index (χ0v) is 8.90. The van der Waals surface area contributed by atoms with Gasteiger partial charge >= 0.3 is 0 Å². The van der Waals surface area contributed by atoms with Crippen LogP contribution in [0.25, 0.3) is 12.3 Å². The second kappa shape index (κ2) is 3.76. The average molecular weight is 181 g/mol. The number of aryl methyl sites for hydroxylation is 1. The Morgan fingerprint density at radius 2 is 2.08 bits per heavy atom. The molecule has 0 unspecified atom stereocenters. The highest BCUT2D eigenvalue weighted by Crippen LogP contribution is 1.91. The lowest BCUT2D eigenvalue weighted by molar-refractivity contribution is 0.614. The smallest absolute Gasteiger partial charge is 0.0317 e. The van der Waals surface area contributed by atoms with E-state index < -0.39 is 0 Å². The molecule has 0 aromatic carbocycles. The van der Waals surface area contributed by atoms with Crippen LogP contribution < -0.4 is 9.75 Å². The van der Waals surface area contributed by atoms with E-state index in [2.05, 4.69) is 50.5 Å². The van der Waals surface area contributed by atoms with Crippen LogP contribution in [-0.4, -0.2) is 19.0 Å². The van der Waals surface area contributed by atoms with Crippen LogP contribution in [0.4, 0.5) is 0 Å². The van der Waals surface area contributed by atoms with Gasteiger partial charge in [0.2, 0.25) is 0 Å². The SMILES string of the molecule is C/C=c1/scc(C)/c1=C/N(C)C. The largest absolute Gasteiger partial charge is 0.383 e. The Kier molecular flexibility index (Phi) is 2.93. The molecular weight excluding hydrogens is 166 g/mol. The molecule has 0 amide bonds. The molecule has 1 aromatic rings. The van der Waals surface area contributed by atoms with Crippen molar-refractivity contribution in [2.24, 2.45) is 0 Å². The molecule has 66 valence electrons. The maximum atomic E-state index is 2.20. The third-order valence-electron chi connectivity index (χ3n) is 1.70. The molecule has 0 aliphatic carbocycles. The van der Waals surface area contributed by atoms with E-state index in [0.29, 0.717) is 0 Å². The van der Waals surface area contributed by atoms with Crippen molar-refractivity contribution < 1.29 is 0 Å². The summed E-state index contributed by atoms with van der Waals surface area (Å²) in [6.07, 6.45) is 4.33. The summed E-state index contributed by atoms with van der Waals surface area (Å²) in [5.74, 6) is 0. The Labute approximate surface area is 77.6 Å². The van der Waals surface area contributed by atoms with Crippen LogP contribution >= 0.6 is 11.3 Å². The van der Waals surface area contributed by atoms with Gasteiger partial charge in [-0.05, 0) is 24.8 Å². The summed E-state index contributed by atoms with van der Waals surface area (Å²) in [5, 5.41) is 3.55. The van der Waals surface area contributed by atoms with E-state index in [-0.39, 0.29) is 0 Å². The summed E-state index contributed by atoms with van der Waals surface area (Å²) in [6.45, 7) is 4.23. The summed E-state index contributed by atoms with van der Waals surface area (Å²) in [6, 6.07) is 0. The molecule has 0 spiro atoms. The predicted molar refractivity (Wildman–Crippen MR) is 56.6 cm³/mol. The van der Waals surface area contributed by atoms with Crippen molar-refractivity contribution in [3.63, 3.8) is 0 Å². The molecule has 0 aliphatic rings. The zero-order valence-electron chi connectivity index (χ0n) is 8.09. The standard InChI is InChI=1S/C10H15NS/c1-5-10-9(6-11(3)4)8(2)7-12-10/h5-7H,1-4H3/b9-6-,10-5+. The van der Waals surface area contributed by atoms with Crippen molar-refractivity contribution in [1.29, 1.82) is 0 Å². The Morgan fingerprint density at radius 1 is 1.42 bits per heavy atom. The van der Waals surface area contributed by atoms with Crippen molar-refractivity contribution in [3.05, 3.63) is 20.7 Å². The molecule has 1 rings (SSSR count). The third kappa shape index (κ3) is 1.89. The monoisotopic (exact) mass is 181 g/mol. The second-order valence-corrected chi connectivity index (χ2v) is 3.99. The van der Waals surface area contributed by atoms with Crippen LogP contribution in [0.2, 0.25) is 0 Å². The molecule has 0 radical (unpaired) electrons. The van der Waals surface area contributed by atoms with E-state index in [4.69, 9.17) is 0 Å². The summed E-state index contributed by atoms with van der Waals surface area (Å²) in [5.41, 5.74) is 1.36. The molecule has 0 bridgehead atoms. The van der Waals surface area contributed by atoms with Gasteiger partial charge in [0.05, 0.1) is 0 Å². The van der Waals surface area contributed by atoms with E-state index in [1.54, 1.807) is 11.3 Å². The Bertz CT molecular complexity index is 360. The molecular formula is C10H15NS. The minimum absolute atomic E-state index is 1.35. The van der Waals surface area contributed by atoms with E-state index in [0.717, 1.165) is 0 Å². The summed E-state index contributed by atoms with van der Waals surface area (Å²) in [4.78, 5) is 2.09. The molecule has 0 N–H and O–H groups in total. The molecule has 0 saturated heterocycles. The fourth-order valence-electron chi connectivity index (χ4n) is 1.12. The highest BCUT2D eigenvalue weighted by Gasteiger charge is 1.92. The quantitative estimate of drug-likeness (QED) is 0.628. The molecule has 2 heteroatoms. The molecule has 0 fully saturated rings. The molecule has 1 aromatic heterocycles. The van der Waals surface area contributed by atoms with Gasteiger partial charge < -0.3 is 4.90 Å². The Morgan fingerprint density at radius 3 is 2.58 bits per heavy atom. The number of hydrogen-bond donors (Lipinski definition) is 0. The van der Waals surface area contributed by atoms with Crippen molar-refractivity contribution in [1.82, 2.24) is 4.90 Å². The van der Waals surface area contributed by atoms with Gasteiger partial charge in [-0.2, -0.15) is 0 Å². The fraction of sp³-hybridized carbons (Fsp3) is 0.400. The Hall–Kier alpha value is -0.760. The number of nitrogens with zero attached hydrogens (tertiary/aromatic N) is 1. The maximum Gasteiger partial charge on any atom is 0.0317 e. The van der Waals surface area contributed by atoms with Gasteiger partial charge in [-0.3, -0.25) is 0 Å². The van der Waals surface area contributed by atoms with Crippen LogP contribution in [0, 0.1) is 6.92 Å². The van der Waals surface area contributed by atoms with E-state index in [9.17, 15) is 0 Å². The summed E-state index contributed by atoms with van der Waals surface area (Å²) in [7, 11) is 4.10. The van der Waals surface area contributed by atoms with Gasteiger partial charge in [-0.1, -0.05) is 6.08 Å². The van der Waals surface area contributed by atoms with E-state index in [1.165, 1.54) is 15.3 Å². The minimum atomic E-state index is 1.35. The van der Waals surface area contributed by atoms with Gasteiger partial charge in [0.25, 0.3) is 0 Å². The Balaban J connectivity index is 3.39. The third-order valence-corrected chi connectivity index (χ3v) is 2.88. The molecule has 0 saturated carbocycles. The van der Waals surface area contributed by atoms with Crippen LogP contribution in [0.15, 0.2) is 5.38 Å². The number of hydrogen-bond acceptors (Lipinski definition) is 2.